The minimum absolute atomic E-state index is 0.230. The summed E-state index contributed by atoms with van der Waals surface area (Å²) < 4.78 is 6.48. The largest absolute Gasteiger partial charge is 0.496 e. The van der Waals surface area contributed by atoms with Crippen LogP contribution in [0.15, 0.2) is 54.9 Å². The van der Waals surface area contributed by atoms with Crippen molar-refractivity contribution < 1.29 is 9.53 Å². The van der Waals surface area contributed by atoms with E-state index in [1.54, 1.807) is 35.5 Å². The van der Waals surface area contributed by atoms with Crippen LogP contribution in [-0.4, -0.2) is 23.0 Å². The van der Waals surface area contributed by atoms with E-state index < -0.39 is 0 Å². The van der Waals surface area contributed by atoms with Crippen LogP contribution in [0.25, 0.3) is 10.2 Å². The maximum atomic E-state index is 13.6. The molecule has 0 aliphatic heterocycles. The minimum Gasteiger partial charge on any atom is -0.496 e. The molecule has 0 radical (unpaired) electrons. The first-order valence-corrected chi connectivity index (χ1v) is 10.6. The summed E-state index contributed by atoms with van der Waals surface area (Å²) in [6, 6.07) is 13.0. The Kier molecular flexibility index (Phi) is 5.70. The minimum atomic E-state index is -0.230. The van der Waals surface area contributed by atoms with Gasteiger partial charge in [0.15, 0.2) is 5.13 Å². The number of benzene rings is 2. The smallest absolute Gasteiger partial charge is 0.264 e. The van der Waals surface area contributed by atoms with Crippen LogP contribution in [0.4, 0.5) is 5.13 Å². The molecule has 1 amide bonds. The lowest BCUT2D eigenvalue weighted by molar-refractivity contribution is 0.0982. The third-order valence-corrected chi connectivity index (χ3v) is 6.20. The molecule has 30 heavy (non-hydrogen) atoms. The number of anilines is 1. The van der Waals surface area contributed by atoms with Crippen LogP contribution in [0.2, 0.25) is 5.02 Å². The van der Waals surface area contributed by atoms with Gasteiger partial charge in [-0.1, -0.05) is 35.1 Å². The van der Waals surface area contributed by atoms with Crippen LogP contribution in [0.5, 0.6) is 5.75 Å². The zero-order valence-electron chi connectivity index (χ0n) is 16.8. The first-order chi connectivity index (χ1) is 14.5. The number of hydrogen-bond acceptors (Lipinski definition) is 5. The number of nitrogens with zero attached hydrogens (tertiary/aromatic N) is 3. The number of ether oxygens (including phenoxy) is 1. The van der Waals surface area contributed by atoms with Crippen molar-refractivity contribution in [3.05, 3.63) is 82.1 Å². The number of aryl methyl sites for hydroxylation is 2. The van der Waals surface area contributed by atoms with Gasteiger partial charge in [0, 0.05) is 17.4 Å². The Morgan fingerprint density at radius 3 is 2.77 bits per heavy atom. The Bertz CT molecular complexity index is 1220. The number of halogens is 1. The van der Waals surface area contributed by atoms with Gasteiger partial charge in [-0.15, -0.1) is 0 Å². The highest BCUT2D eigenvalue weighted by Crippen LogP contribution is 2.35. The number of carbonyl (C=O) groups is 1. The van der Waals surface area contributed by atoms with Crippen LogP contribution in [0, 0.1) is 13.8 Å². The van der Waals surface area contributed by atoms with Crippen molar-refractivity contribution in [2.75, 3.05) is 12.0 Å². The van der Waals surface area contributed by atoms with Gasteiger partial charge in [-0.05, 0) is 60.9 Å². The second-order valence-corrected chi connectivity index (χ2v) is 8.44. The molecule has 2 aromatic carbocycles. The fourth-order valence-corrected chi connectivity index (χ4v) is 4.56. The van der Waals surface area contributed by atoms with Crippen molar-refractivity contribution in [2.45, 2.75) is 20.4 Å². The SMILES string of the molecule is COc1ccc(Cl)cc1C(=O)N(Cc1cccnc1)c1nc2cc(C)cc(C)c2s1. The monoisotopic (exact) mass is 437 g/mol. The summed E-state index contributed by atoms with van der Waals surface area (Å²) in [7, 11) is 1.54. The fraction of sp³-hybridized carbons (Fsp3) is 0.174. The second kappa shape index (κ2) is 8.42. The molecule has 0 N–H and O–H groups in total. The number of methoxy groups -OCH3 is 1. The maximum absolute atomic E-state index is 13.6. The molecule has 0 aliphatic carbocycles. The third-order valence-electron chi connectivity index (χ3n) is 4.74. The Labute approximate surface area is 183 Å². The van der Waals surface area contributed by atoms with Crippen LogP contribution in [0.3, 0.4) is 0 Å². The molecule has 0 saturated heterocycles. The Morgan fingerprint density at radius 1 is 1.20 bits per heavy atom. The Balaban J connectivity index is 1.84. The van der Waals surface area contributed by atoms with E-state index >= 15 is 0 Å². The summed E-state index contributed by atoms with van der Waals surface area (Å²) in [5, 5.41) is 1.09. The van der Waals surface area contributed by atoms with Crippen molar-refractivity contribution in [2.24, 2.45) is 0 Å². The molecular weight excluding hydrogens is 418 g/mol. The zero-order chi connectivity index (χ0) is 21.3. The number of aromatic nitrogens is 2. The lowest BCUT2D eigenvalue weighted by atomic mass is 10.1. The summed E-state index contributed by atoms with van der Waals surface area (Å²) >= 11 is 7.68. The molecule has 0 atom stereocenters. The van der Waals surface area contributed by atoms with E-state index in [1.807, 2.05) is 25.1 Å². The number of thiazole rings is 1. The molecule has 0 unspecified atom stereocenters. The number of rotatable bonds is 5. The van der Waals surface area contributed by atoms with E-state index in [1.165, 1.54) is 18.4 Å². The molecule has 0 saturated carbocycles. The first kappa shape index (κ1) is 20.3. The summed E-state index contributed by atoms with van der Waals surface area (Å²) in [6.45, 7) is 4.44. The van der Waals surface area contributed by atoms with Gasteiger partial charge in [-0.25, -0.2) is 4.98 Å². The van der Waals surface area contributed by atoms with E-state index in [4.69, 9.17) is 21.3 Å². The summed E-state index contributed by atoms with van der Waals surface area (Å²) in [5.41, 5.74) is 4.45. The molecule has 0 fully saturated rings. The van der Waals surface area contributed by atoms with Gasteiger partial charge in [0.05, 0.1) is 29.4 Å². The molecule has 2 aromatic heterocycles. The number of carbonyl (C=O) groups excluding carboxylic acids is 1. The standard InChI is InChI=1S/C23H20ClN3O2S/c1-14-9-15(2)21-19(10-14)26-23(30-21)27(13-16-5-4-8-25-12-16)22(28)18-11-17(24)6-7-20(18)29-3/h4-12H,13H2,1-3H3. The Hall–Kier alpha value is -2.96. The molecule has 7 heteroatoms. The van der Waals surface area contributed by atoms with Gasteiger partial charge in [-0.3, -0.25) is 14.7 Å². The second-order valence-electron chi connectivity index (χ2n) is 7.02. The van der Waals surface area contributed by atoms with Crippen molar-refractivity contribution in [3.63, 3.8) is 0 Å². The predicted molar refractivity (Wildman–Crippen MR) is 122 cm³/mol. The van der Waals surface area contributed by atoms with E-state index in [2.05, 4.69) is 18.0 Å². The van der Waals surface area contributed by atoms with Gasteiger partial charge < -0.3 is 4.74 Å². The van der Waals surface area contributed by atoms with Crippen molar-refractivity contribution >= 4 is 44.2 Å². The van der Waals surface area contributed by atoms with Gasteiger partial charge in [-0.2, -0.15) is 0 Å². The average molecular weight is 438 g/mol. The Morgan fingerprint density at radius 2 is 2.03 bits per heavy atom. The van der Waals surface area contributed by atoms with Gasteiger partial charge in [0.1, 0.15) is 5.75 Å². The van der Waals surface area contributed by atoms with Gasteiger partial charge in [0.2, 0.25) is 0 Å². The molecule has 0 bridgehead atoms. The van der Waals surface area contributed by atoms with Crippen molar-refractivity contribution in [1.29, 1.82) is 0 Å². The summed E-state index contributed by atoms with van der Waals surface area (Å²) in [5.74, 6) is 0.236. The highest BCUT2D eigenvalue weighted by Gasteiger charge is 2.25. The highest BCUT2D eigenvalue weighted by molar-refractivity contribution is 7.22. The quantitative estimate of drug-likeness (QED) is 0.395. The van der Waals surface area contributed by atoms with Gasteiger partial charge >= 0.3 is 0 Å². The lowest BCUT2D eigenvalue weighted by Gasteiger charge is -2.21. The molecule has 2 heterocycles. The van der Waals surface area contributed by atoms with Crippen molar-refractivity contribution in [1.82, 2.24) is 9.97 Å². The van der Waals surface area contributed by atoms with Crippen LogP contribution in [0.1, 0.15) is 27.0 Å². The zero-order valence-corrected chi connectivity index (χ0v) is 18.4. The highest BCUT2D eigenvalue weighted by atomic mass is 35.5. The van der Waals surface area contributed by atoms with Gasteiger partial charge in [0.25, 0.3) is 5.91 Å². The maximum Gasteiger partial charge on any atom is 0.264 e. The summed E-state index contributed by atoms with van der Waals surface area (Å²) in [4.78, 5) is 24.3. The van der Waals surface area contributed by atoms with Crippen LogP contribution in [-0.2, 0) is 6.54 Å². The summed E-state index contributed by atoms with van der Waals surface area (Å²) in [6.07, 6.45) is 3.46. The molecule has 0 spiro atoms. The molecule has 152 valence electrons. The first-order valence-electron chi connectivity index (χ1n) is 9.38. The van der Waals surface area contributed by atoms with E-state index in [-0.39, 0.29) is 5.91 Å². The lowest BCUT2D eigenvalue weighted by Crippen LogP contribution is -2.30. The molecule has 4 aromatic rings. The van der Waals surface area contributed by atoms with Crippen LogP contribution < -0.4 is 9.64 Å². The molecule has 0 aliphatic rings. The van der Waals surface area contributed by atoms with Crippen molar-refractivity contribution in [3.8, 4) is 5.75 Å². The number of hydrogen-bond donors (Lipinski definition) is 0. The average Bonchev–Trinajstić information content (AvgIpc) is 3.16. The normalized spacial score (nSPS) is 10.9. The number of fused-ring (bicyclic) bond motifs is 1. The van der Waals surface area contributed by atoms with E-state index in [0.29, 0.717) is 28.0 Å². The molecular formula is C23H20ClN3O2S. The molecule has 5 nitrogen and oxygen atoms in total. The fourth-order valence-electron chi connectivity index (χ4n) is 3.37. The predicted octanol–water partition coefficient (Wildman–Crippen LogP) is 5.82. The number of amides is 1. The third kappa shape index (κ3) is 4.01. The van der Waals surface area contributed by atoms with E-state index in [0.717, 1.165) is 26.9 Å². The topological polar surface area (TPSA) is 55.3 Å². The van der Waals surface area contributed by atoms with Crippen LogP contribution >= 0.6 is 22.9 Å². The van der Waals surface area contributed by atoms with E-state index in [9.17, 15) is 4.79 Å². The number of pyridine rings is 1. The molecule has 4 rings (SSSR count).